The van der Waals surface area contributed by atoms with Crippen LogP contribution in [0.2, 0.25) is 0 Å². The monoisotopic (exact) mass is 401 g/mol. The summed E-state index contributed by atoms with van der Waals surface area (Å²) in [4.78, 5) is 20.2. The van der Waals surface area contributed by atoms with E-state index in [9.17, 15) is 4.79 Å². The van der Waals surface area contributed by atoms with Crippen molar-refractivity contribution in [2.75, 3.05) is 0 Å². The van der Waals surface area contributed by atoms with Crippen molar-refractivity contribution in [1.29, 1.82) is 0 Å². The summed E-state index contributed by atoms with van der Waals surface area (Å²) in [5.74, 6) is -0.450. The Morgan fingerprint density at radius 3 is 1.91 bits per heavy atom. The molecule has 0 saturated heterocycles. The molecule has 2 amide bonds. The number of amides is 2. The van der Waals surface area contributed by atoms with Crippen LogP contribution in [0.15, 0.2) is 0 Å². The first-order chi connectivity index (χ1) is 9.35. The molecule has 0 spiro atoms. The van der Waals surface area contributed by atoms with E-state index in [0.717, 1.165) is 0 Å². The van der Waals surface area contributed by atoms with Crippen LogP contribution in [-0.4, -0.2) is 17.9 Å². The van der Waals surface area contributed by atoms with Gasteiger partial charge in [-0.15, -0.1) is 0 Å². The van der Waals surface area contributed by atoms with Crippen LogP contribution in [0.1, 0.15) is 79.1 Å². The largest absolute Gasteiger partial charge is 3.00 e. The Morgan fingerprint density at radius 1 is 1.13 bits per heavy atom. The zero-order chi connectivity index (χ0) is 15.6. The molecule has 1 radical (unpaired) electrons. The van der Waals surface area contributed by atoms with Gasteiger partial charge in [0.1, 0.15) is 0 Å². The second-order valence-corrected chi connectivity index (χ2v) is 6.05. The number of hydrogen-bond donors (Lipinski definition) is 1. The van der Waals surface area contributed by atoms with E-state index in [1.165, 1.54) is 58.3 Å². The number of rotatable bonds is 5. The summed E-state index contributed by atoms with van der Waals surface area (Å²) in [5, 5.41) is 3.11. The molecule has 1 aliphatic carbocycles. The SMILES string of the molecule is CC([NH-])=O.CCCC1(CCC)CCCC(NC(C)=O)C1.[Cl-].[Cl-].[Ti+3]. The van der Waals surface area contributed by atoms with Crippen molar-refractivity contribution >= 4 is 11.8 Å². The Labute approximate surface area is 169 Å². The van der Waals surface area contributed by atoms with E-state index in [0.29, 0.717) is 11.5 Å². The second kappa shape index (κ2) is 17.1. The Morgan fingerprint density at radius 2 is 1.57 bits per heavy atom. The molecule has 0 aromatic rings. The van der Waals surface area contributed by atoms with Gasteiger partial charge in [-0.05, 0) is 44.4 Å². The predicted molar refractivity (Wildman–Crippen MR) is 83.3 cm³/mol. The zero-order valence-electron chi connectivity index (χ0n) is 14.8. The van der Waals surface area contributed by atoms with Crippen LogP contribution in [0.5, 0.6) is 0 Å². The van der Waals surface area contributed by atoms with Crippen molar-refractivity contribution in [3.05, 3.63) is 5.73 Å². The summed E-state index contributed by atoms with van der Waals surface area (Å²) in [6.45, 7) is 7.38. The van der Waals surface area contributed by atoms with Gasteiger partial charge in [-0.2, -0.15) is 0 Å². The van der Waals surface area contributed by atoms with Gasteiger partial charge in [-0.25, -0.2) is 0 Å². The van der Waals surface area contributed by atoms with Crippen molar-refractivity contribution in [2.24, 2.45) is 5.41 Å². The van der Waals surface area contributed by atoms with Crippen LogP contribution in [0.3, 0.4) is 0 Å². The second-order valence-electron chi connectivity index (χ2n) is 6.05. The average Bonchev–Trinajstić information content (AvgIpc) is 2.28. The Balaban J connectivity index is -0.000000232. The first-order valence-corrected chi connectivity index (χ1v) is 7.84. The van der Waals surface area contributed by atoms with Crippen molar-refractivity contribution < 1.29 is 56.1 Å². The maximum Gasteiger partial charge on any atom is 3.00 e. The molecule has 0 aromatic carbocycles. The molecule has 0 bridgehead atoms. The van der Waals surface area contributed by atoms with Crippen molar-refractivity contribution in [3.63, 3.8) is 0 Å². The predicted octanol–water partition coefficient (Wildman–Crippen LogP) is -1.76. The minimum atomic E-state index is -0.583. The molecule has 1 unspecified atom stereocenters. The number of nitrogens with one attached hydrogen (secondary N) is 2. The van der Waals surface area contributed by atoms with Gasteiger partial charge < -0.3 is 40.7 Å². The van der Waals surface area contributed by atoms with Crippen LogP contribution in [0.25, 0.3) is 5.73 Å². The number of hydrogen-bond acceptors (Lipinski definition) is 2. The molecule has 4 nitrogen and oxygen atoms in total. The molecule has 0 aromatic heterocycles. The zero-order valence-corrected chi connectivity index (χ0v) is 17.9. The van der Waals surface area contributed by atoms with E-state index in [4.69, 9.17) is 10.5 Å². The van der Waals surface area contributed by atoms with Gasteiger partial charge in [0.05, 0.1) is 0 Å². The van der Waals surface area contributed by atoms with Crippen molar-refractivity contribution in [3.8, 4) is 0 Å². The number of carbonyl (C=O) groups is 2. The summed E-state index contributed by atoms with van der Waals surface area (Å²) in [6, 6.07) is 0.435. The van der Waals surface area contributed by atoms with Gasteiger partial charge in [-0.1, -0.05) is 33.1 Å². The van der Waals surface area contributed by atoms with Gasteiger partial charge in [0.15, 0.2) is 0 Å². The summed E-state index contributed by atoms with van der Waals surface area (Å²) in [5.41, 5.74) is 6.47. The molecule has 0 aliphatic heterocycles. The van der Waals surface area contributed by atoms with E-state index >= 15 is 0 Å². The smallest absolute Gasteiger partial charge is 1.00 e. The van der Waals surface area contributed by atoms with E-state index in [-0.39, 0.29) is 52.4 Å². The van der Waals surface area contributed by atoms with E-state index in [1.54, 1.807) is 6.92 Å². The van der Waals surface area contributed by atoms with E-state index < -0.39 is 5.91 Å². The molecule has 1 aliphatic rings. The standard InChI is InChI=1S/C14H27NO.C2H5NO.2ClH.Ti/c1-4-8-14(9-5-2)10-6-7-13(11-14)15-12(3)16;1-2(3)4;;;/h13H,4-11H2,1-3H3,(H,15,16);1H3,(H2,3,4);2*1H;/q;;;;+3/p-3. The quantitative estimate of drug-likeness (QED) is 0.554. The first-order valence-electron chi connectivity index (χ1n) is 7.84. The Hall–Kier alpha value is 0.234. The van der Waals surface area contributed by atoms with Gasteiger partial charge in [0.2, 0.25) is 5.91 Å². The molecule has 1 rings (SSSR count). The van der Waals surface area contributed by atoms with Crippen LogP contribution in [0, 0.1) is 5.41 Å². The summed E-state index contributed by atoms with van der Waals surface area (Å²) in [6.07, 6.45) is 10.2. The van der Waals surface area contributed by atoms with E-state index in [2.05, 4.69) is 19.2 Å². The van der Waals surface area contributed by atoms with Crippen LogP contribution in [-0.2, 0) is 31.3 Å². The fraction of sp³-hybridized carbons (Fsp3) is 0.875. The third-order valence-corrected chi connectivity index (χ3v) is 3.91. The average molecular weight is 402 g/mol. The van der Waals surface area contributed by atoms with Gasteiger partial charge in [0, 0.05) is 18.9 Å². The molecule has 0 heterocycles. The van der Waals surface area contributed by atoms with Gasteiger partial charge in [0.25, 0.3) is 0 Å². The topological polar surface area (TPSA) is 70.0 Å². The minimum absolute atomic E-state index is 0. The summed E-state index contributed by atoms with van der Waals surface area (Å²) in [7, 11) is 0. The first kappa shape index (κ1) is 31.0. The maximum atomic E-state index is 11.1. The normalized spacial score (nSPS) is 17.8. The van der Waals surface area contributed by atoms with Crippen LogP contribution >= 0.6 is 0 Å². The molecule has 23 heavy (non-hydrogen) atoms. The maximum absolute atomic E-state index is 11.1. The van der Waals surface area contributed by atoms with Crippen molar-refractivity contribution in [1.82, 2.24) is 5.32 Å². The van der Waals surface area contributed by atoms with Crippen molar-refractivity contribution in [2.45, 2.75) is 85.1 Å². The molecule has 1 fully saturated rings. The van der Waals surface area contributed by atoms with E-state index in [1.807, 2.05) is 0 Å². The Bertz CT molecular complexity index is 303. The number of carbonyl (C=O) groups excluding carboxylic acids is 2. The fourth-order valence-electron chi connectivity index (χ4n) is 3.50. The summed E-state index contributed by atoms with van der Waals surface area (Å²) < 4.78 is 0. The molecular formula is C16H31Cl2N2O2Ti. The molecule has 2 N–H and O–H groups in total. The summed E-state index contributed by atoms with van der Waals surface area (Å²) >= 11 is 0. The molecular weight excluding hydrogens is 371 g/mol. The third-order valence-electron chi connectivity index (χ3n) is 3.91. The number of halogens is 2. The fourth-order valence-corrected chi connectivity index (χ4v) is 3.50. The third kappa shape index (κ3) is 15.5. The Kier molecular flexibility index (Phi) is 23.0. The van der Waals surface area contributed by atoms with Crippen LogP contribution < -0.4 is 30.1 Å². The minimum Gasteiger partial charge on any atom is -1.00 e. The van der Waals surface area contributed by atoms with Crippen LogP contribution in [0.4, 0.5) is 0 Å². The van der Waals surface area contributed by atoms with Gasteiger partial charge in [-0.3, -0.25) is 4.79 Å². The van der Waals surface area contributed by atoms with Gasteiger partial charge >= 0.3 is 21.7 Å². The molecule has 135 valence electrons. The molecule has 1 atom stereocenters. The molecule has 7 heteroatoms. The molecule has 1 saturated carbocycles.